The number of carbonyl (C=O) groups excluding carboxylic acids is 2. The number of rotatable bonds is 2. The summed E-state index contributed by atoms with van der Waals surface area (Å²) in [5.41, 5.74) is 2.62. The lowest BCUT2D eigenvalue weighted by Crippen LogP contribution is -2.13. The maximum atomic E-state index is 12.4. The van der Waals surface area contributed by atoms with E-state index in [1.165, 1.54) is 14.2 Å². The molecule has 140 valence electrons. The molecule has 3 rings (SSSR count). The van der Waals surface area contributed by atoms with Gasteiger partial charge < -0.3 is 9.47 Å². The largest absolute Gasteiger partial charge is 0.465 e. The summed E-state index contributed by atoms with van der Waals surface area (Å²) < 4.78 is 9.78. The Balaban J connectivity index is 2.30. The first-order valence-electron chi connectivity index (χ1n) is 8.46. The zero-order valence-electron chi connectivity index (χ0n) is 15.6. The molecule has 0 bridgehead atoms. The van der Waals surface area contributed by atoms with Crippen molar-refractivity contribution in [3.05, 3.63) is 81.4 Å². The Hall–Kier alpha value is -3.29. The Kier molecular flexibility index (Phi) is 5.67. The zero-order chi connectivity index (χ0) is 20.3. The Morgan fingerprint density at radius 1 is 0.857 bits per heavy atom. The highest BCUT2D eigenvalue weighted by molar-refractivity contribution is 6.30. The van der Waals surface area contributed by atoms with Crippen LogP contribution in [-0.2, 0) is 9.47 Å². The summed E-state index contributed by atoms with van der Waals surface area (Å²) in [4.78, 5) is 24.8. The van der Waals surface area contributed by atoms with Gasteiger partial charge in [0.05, 0.1) is 25.3 Å². The van der Waals surface area contributed by atoms with Gasteiger partial charge in [-0.05, 0) is 48.0 Å². The van der Waals surface area contributed by atoms with Gasteiger partial charge >= 0.3 is 11.9 Å². The van der Waals surface area contributed by atoms with E-state index < -0.39 is 11.9 Å². The minimum atomic E-state index is -0.627. The summed E-state index contributed by atoms with van der Waals surface area (Å²) in [6, 6.07) is 14.3. The molecule has 28 heavy (non-hydrogen) atoms. The van der Waals surface area contributed by atoms with Crippen molar-refractivity contribution in [2.75, 3.05) is 14.2 Å². The summed E-state index contributed by atoms with van der Waals surface area (Å²) in [6.07, 6.45) is 0. The molecule has 0 aliphatic carbocycles. The standard InChI is InChI=1S/C23H17ClO4/c1-14-4-11-18-16(8-5-15-6-9-17(24)10-7-15)13-20(22(25)27-2)21(19(18)12-14)23(26)28-3/h4,6-7,9-13H,1-3H3. The van der Waals surface area contributed by atoms with Crippen LogP contribution in [0, 0.1) is 18.8 Å². The highest BCUT2D eigenvalue weighted by Crippen LogP contribution is 2.28. The van der Waals surface area contributed by atoms with Crippen molar-refractivity contribution in [1.82, 2.24) is 0 Å². The molecule has 0 saturated carbocycles. The van der Waals surface area contributed by atoms with Crippen LogP contribution in [0.3, 0.4) is 0 Å². The average molecular weight is 393 g/mol. The van der Waals surface area contributed by atoms with E-state index in [2.05, 4.69) is 11.8 Å². The van der Waals surface area contributed by atoms with E-state index in [1.807, 2.05) is 37.3 Å². The quantitative estimate of drug-likeness (QED) is 0.465. The first-order valence-corrected chi connectivity index (χ1v) is 8.84. The molecule has 0 N–H and O–H groups in total. The van der Waals surface area contributed by atoms with Gasteiger partial charge in [0.15, 0.2) is 0 Å². The summed E-state index contributed by atoms with van der Waals surface area (Å²) in [5.74, 6) is 4.93. The Bertz CT molecular complexity index is 1140. The van der Waals surface area contributed by atoms with Gasteiger partial charge in [0.2, 0.25) is 0 Å². The van der Waals surface area contributed by atoms with E-state index in [0.29, 0.717) is 16.0 Å². The topological polar surface area (TPSA) is 52.6 Å². The number of hydrogen-bond acceptors (Lipinski definition) is 4. The first-order chi connectivity index (χ1) is 13.4. The average Bonchev–Trinajstić information content (AvgIpc) is 2.71. The van der Waals surface area contributed by atoms with Gasteiger partial charge in [-0.15, -0.1) is 0 Å². The van der Waals surface area contributed by atoms with Gasteiger partial charge in [-0.2, -0.15) is 0 Å². The number of methoxy groups -OCH3 is 2. The van der Waals surface area contributed by atoms with Gasteiger partial charge in [0.1, 0.15) is 0 Å². The van der Waals surface area contributed by atoms with E-state index in [9.17, 15) is 9.59 Å². The van der Waals surface area contributed by atoms with Crippen LogP contribution in [0.5, 0.6) is 0 Å². The molecule has 3 aromatic rings. The molecule has 0 amide bonds. The van der Waals surface area contributed by atoms with Crippen molar-refractivity contribution < 1.29 is 19.1 Å². The molecule has 3 aromatic carbocycles. The fourth-order valence-electron chi connectivity index (χ4n) is 2.91. The lowest BCUT2D eigenvalue weighted by atomic mass is 9.93. The molecule has 4 nitrogen and oxygen atoms in total. The number of hydrogen-bond donors (Lipinski definition) is 0. The van der Waals surface area contributed by atoms with E-state index >= 15 is 0 Å². The highest BCUT2D eigenvalue weighted by atomic mass is 35.5. The predicted molar refractivity (Wildman–Crippen MR) is 109 cm³/mol. The molecule has 0 fully saturated rings. The molecule has 0 spiro atoms. The fourth-order valence-corrected chi connectivity index (χ4v) is 3.03. The highest BCUT2D eigenvalue weighted by Gasteiger charge is 2.23. The number of carbonyl (C=O) groups is 2. The summed E-state index contributed by atoms with van der Waals surface area (Å²) >= 11 is 5.91. The van der Waals surface area contributed by atoms with Crippen LogP contribution in [0.2, 0.25) is 5.02 Å². The third-order valence-electron chi connectivity index (χ3n) is 4.27. The molecule has 0 atom stereocenters. The molecular weight excluding hydrogens is 376 g/mol. The van der Waals surface area contributed by atoms with Gasteiger partial charge in [0.25, 0.3) is 0 Å². The smallest absolute Gasteiger partial charge is 0.339 e. The zero-order valence-corrected chi connectivity index (χ0v) is 16.4. The molecule has 0 aliphatic rings. The monoisotopic (exact) mass is 392 g/mol. The van der Waals surface area contributed by atoms with Crippen molar-refractivity contribution in [2.45, 2.75) is 6.92 Å². The van der Waals surface area contributed by atoms with Gasteiger partial charge in [-0.3, -0.25) is 0 Å². The maximum absolute atomic E-state index is 12.4. The Morgan fingerprint density at radius 2 is 1.54 bits per heavy atom. The second-order valence-corrected chi connectivity index (χ2v) is 6.57. The van der Waals surface area contributed by atoms with Gasteiger partial charge in [0, 0.05) is 16.1 Å². The van der Waals surface area contributed by atoms with Crippen LogP contribution in [0.25, 0.3) is 10.8 Å². The fraction of sp³-hybridized carbons (Fsp3) is 0.130. The molecule has 0 saturated heterocycles. The second-order valence-electron chi connectivity index (χ2n) is 6.14. The van der Waals surface area contributed by atoms with Crippen LogP contribution in [0.15, 0.2) is 48.5 Å². The third-order valence-corrected chi connectivity index (χ3v) is 4.53. The minimum absolute atomic E-state index is 0.118. The second kappa shape index (κ2) is 8.16. The van der Waals surface area contributed by atoms with Crippen molar-refractivity contribution in [3.8, 4) is 11.8 Å². The molecule has 0 aliphatic heterocycles. The molecular formula is C23H17ClO4. The van der Waals surface area contributed by atoms with E-state index in [-0.39, 0.29) is 11.1 Å². The van der Waals surface area contributed by atoms with Crippen LogP contribution >= 0.6 is 11.6 Å². The number of halogens is 1. The Labute approximate surface area is 168 Å². The van der Waals surface area contributed by atoms with Crippen molar-refractivity contribution in [1.29, 1.82) is 0 Å². The lowest BCUT2D eigenvalue weighted by Gasteiger charge is -2.12. The first kappa shape index (κ1) is 19.5. The molecule has 5 heteroatoms. The maximum Gasteiger partial charge on any atom is 0.339 e. The van der Waals surface area contributed by atoms with Crippen molar-refractivity contribution >= 4 is 34.3 Å². The van der Waals surface area contributed by atoms with E-state index in [1.54, 1.807) is 18.2 Å². The van der Waals surface area contributed by atoms with Crippen LogP contribution in [0.4, 0.5) is 0 Å². The molecule has 0 aromatic heterocycles. The summed E-state index contributed by atoms with van der Waals surface area (Å²) in [5, 5.41) is 1.97. The van der Waals surface area contributed by atoms with E-state index in [4.69, 9.17) is 21.1 Å². The minimum Gasteiger partial charge on any atom is -0.465 e. The van der Waals surface area contributed by atoms with Gasteiger partial charge in [-0.25, -0.2) is 9.59 Å². The molecule has 0 radical (unpaired) electrons. The van der Waals surface area contributed by atoms with Gasteiger partial charge in [-0.1, -0.05) is 47.2 Å². The SMILES string of the molecule is COC(=O)c1cc(C#Cc2ccc(Cl)cc2)c2ccc(C)cc2c1C(=O)OC. The number of aryl methyl sites for hydroxylation is 1. The predicted octanol–water partition coefficient (Wildman–Crippen LogP) is 4.77. The normalized spacial score (nSPS) is 10.1. The summed E-state index contributed by atoms with van der Waals surface area (Å²) in [6.45, 7) is 1.91. The summed E-state index contributed by atoms with van der Waals surface area (Å²) in [7, 11) is 2.54. The van der Waals surface area contributed by atoms with Crippen molar-refractivity contribution in [2.24, 2.45) is 0 Å². The lowest BCUT2D eigenvalue weighted by molar-refractivity contribution is 0.0557. The van der Waals surface area contributed by atoms with Crippen LogP contribution in [-0.4, -0.2) is 26.2 Å². The number of esters is 2. The van der Waals surface area contributed by atoms with E-state index in [0.717, 1.165) is 16.5 Å². The van der Waals surface area contributed by atoms with Crippen LogP contribution in [0.1, 0.15) is 37.4 Å². The number of benzene rings is 3. The Morgan fingerprint density at radius 3 is 2.18 bits per heavy atom. The molecule has 0 heterocycles. The number of ether oxygens (including phenoxy) is 2. The van der Waals surface area contributed by atoms with Crippen LogP contribution < -0.4 is 0 Å². The van der Waals surface area contributed by atoms with Crippen molar-refractivity contribution in [3.63, 3.8) is 0 Å². The third kappa shape index (κ3) is 3.85. The molecule has 0 unspecified atom stereocenters. The number of fused-ring (bicyclic) bond motifs is 1.